The SMILES string of the molecule is CCCc1nc(N)[nH]c(=O)c1CCC.Cl. The fourth-order valence-corrected chi connectivity index (χ4v) is 1.52. The van der Waals surface area contributed by atoms with Gasteiger partial charge in [0.25, 0.3) is 5.56 Å². The number of hydrogen-bond acceptors (Lipinski definition) is 3. The maximum atomic E-state index is 11.6. The summed E-state index contributed by atoms with van der Waals surface area (Å²) in [5, 5.41) is 0. The van der Waals surface area contributed by atoms with Gasteiger partial charge in [0.2, 0.25) is 5.95 Å². The van der Waals surface area contributed by atoms with Crippen LogP contribution in [0.2, 0.25) is 0 Å². The normalized spacial score (nSPS) is 9.73. The van der Waals surface area contributed by atoms with E-state index >= 15 is 0 Å². The van der Waals surface area contributed by atoms with E-state index in [1.807, 2.05) is 6.92 Å². The molecule has 4 nitrogen and oxygen atoms in total. The van der Waals surface area contributed by atoms with Gasteiger partial charge in [0.15, 0.2) is 0 Å². The minimum atomic E-state index is -0.0807. The van der Waals surface area contributed by atoms with Crippen molar-refractivity contribution in [3.63, 3.8) is 0 Å². The van der Waals surface area contributed by atoms with E-state index in [1.54, 1.807) is 0 Å². The second-order valence-corrected chi connectivity index (χ2v) is 3.38. The minimum absolute atomic E-state index is 0. The molecule has 5 heteroatoms. The van der Waals surface area contributed by atoms with Crippen LogP contribution in [0.3, 0.4) is 0 Å². The van der Waals surface area contributed by atoms with Gasteiger partial charge in [-0.05, 0) is 12.8 Å². The Labute approximate surface area is 95.7 Å². The number of nitrogen functional groups attached to an aromatic ring is 1. The molecule has 0 atom stereocenters. The number of aryl methyl sites for hydroxylation is 1. The summed E-state index contributed by atoms with van der Waals surface area (Å²) in [7, 11) is 0. The third-order valence-electron chi connectivity index (χ3n) is 2.11. The molecule has 0 spiro atoms. The number of halogens is 1. The lowest BCUT2D eigenvalue weighted by Crippen LogP contribution is -2.19. The summed E-state index contributed by atoms with van der Waals surface area (Å²) < 4.78 is 0. The fourth-order valence-electron chi connectivity index (χ4n) is 1.52. The van der Waals surface area contributed by atoms with Crippen LogP contribution < -0.4 is 11.3 Å². The van der Waals surface area contributed by atoms with Gasteiger partial charge in [0.05, 0.1) is 5.69 Å². The number of anilines is 1. The van der Waals surface area contributed by atoms with Crippen LogP contribution in [0.5, 0.6) is 0 Å². The molecule has 0 saturated carbocycles. The second-order valence-electron chi connectivity index (χ2n) is 3.38. The average molecular weight is 232 g/mol. The highest BCUT2D eigenvalue weighted by Gasteiger charge is 2.08. The molecule has 1 heterocycles. The van der Waals surface area contributed by atoms with Crippen LogP contribution in [0.1, 0.15) is 37.9 Å². The largest absolute Gasteiger partial charge is 0.369 e. The van der Waals surface area contributed by atoms with Crippen molar-refractivity contribution in [2.75, 3.05) is 5.73 Å². The predicted molar refractivity (Wildman–Crippen MR) is 64.5 cm³/mol. The van der Waals surface area contributed by atoms with E-state index in [2.05, 4.69) is 16.9 Å². The smallest absolute Gasteiger partial charge is 0.255 e. The zero-order chi connectivity index (χ0) is 10.6. The highest BCUT2D eigenvalue weighted by atomic mass is 35.5. The molecule has 0 unspecified atom stereocenters. The first-order chi connectivity index (χ1) is 6.69. The lowest BCUT2D eigenvalue weighted by atomic mass is 10.1. The Morgan fingerprint density at radius 2 is 1.87 bits per heavy atom. The molecule has 86 valence electrons. The van der Waals surface area contributed by atoms with E-state index in [0.717, 1.165) is 36.9 Å². The molecule has 0 aliphatic rings. The number of aromatic nitrogens is 2. The number of nitrogens with zero attached hydrogens (tertiary/aromatic N) is 1. The number of nitrogens with two attached hydrogens (primary N) is 1. The van der Waals surface area contributed by atoms with Crippen molar-refractivity contribution in [3.8, 4) is 0 Å². The monoisotopic (exact) mass is 231 g/mol. The van der Waals surface area contributed by atoms with E-state index in [-0.39, 0.29) is 23.9 Å². The number of nitrogens with one attached hydrogen (secondary N) is 1. The Morgan fingerprint density at radius 3 is 2.40 bits per heavy atom. The van der Waals surface area contributed by atoms with Gasteiger partial charge in [-0.15, -0.1) is 12.4 Å². The molecular weight excluding hydrogens is 214 g/mol. The standard InChI is InChI=1S/C10H17N3O.ClH/c1-3-5-7-8(6-4-2)12-10(11)13-9(7)14;/h3-6H2,1-2H3,(H3,11,12,13,14);1H. The topological polar surface area (TPSA) is 71.8 Å². The van der Waals surface area contributed by atoms with Gasteiger partial charge in [-0.1, -0.05) is 26.7 Å². The number of hydrogen-bond donors (Lipinski definition) is 2. The quantitative estimate of drug-likeness (QED) is 0.828. The van der Waals surface area contributed by atoms with Gasteiger partial charge in [-0.2, -0.15) is 0 Å². The van der Waals surface area contributed by atoms with E-state index in [9.17, 15) is 4.79 Å². The molecule has 0 radical (unpaired) electrons. The van der Waals surface area contributed by atoms with E-state index < -0.39 is 0 Å². The van der Waals surface area contributed by atoms with Crippen molar-refractivity contribution in [1.82, 2.24) is 9.97 Å². The summed E-state index contributed by atoms with van der Waals surface area (Å²) in [5.74, 6) is 0.221. The Balaban J connectivity index is 0.00000196. The van der Waals surface area contributed by atoms with Crippen molar-refractivity contribution in [3.05, 3.63) is 21.6 Å². The first-order valence-electron chi connectivity index (χ1n) is 5.06. The van der Waals surface area contributed by atoms with Gasteiger partial charge >= 0.3 is 0 Å². The molecule has 0 amide bonds. The Kier molecular flexibility index (Phi) is 6.01. The maximum absolute atomic E-state index is 11.6. The van der Waals surface area contributed by atoms with E-state index in [4.69, 9.17) is 5.73 Å². The third-order valence-corrected chi connectivity index (χ3v) is 2.11. The molecule has 0 aromatic carbocycles. The van der Waals surface area contributed by atoms with Crippen LogP contribution in [0.25, 0.3) is 0 Å². The van der Waals surface area contributed by atoms with Crippen molar-refractivity contribution in [1.29, 1.82) is 0 Å². The average Bonchev–Trinajstić information content (AvgIpc) is 2.11. The summed E-state index contributed by atoms with van der Waals surface area (Å²) >= 11 is 0. The third kappa shape index (κ3) is 3.55. The molecule has 15 heavy (non-hydrogen) atoms. The molecule has 1 rings (SSSR count). The van der Waals surface area contributed by atoms with Crippen molar-refractivity contribution in [2.24, 2.45) is 0 Å². The van der Waals surface area contributed by atoms with Crippen LogP contribution in [0.15, 0.2) is 4.79 Å². The van der Waals surface area contributed by atoms with Gasteiger partial charge in [-0.25, -0.2) is 4.98 Å². The lowest BCUT2D eigenvalue weighted by molar-refractivity contribution is 0.808. The van der Waals surface area contributed by atoms with Gasteiger partial charge in [-0.3, -0.25) is 9.78 Å². The Bertz CT molecular complexity index is 362. The summed E-state index contributed by atoms with van der Waals surface area (Å²) in [6.07, 6.45) is 3.53. The molecule has 1 aromatic rings. The summed E-state index contributed by atoms with van der Waals surface area (Å²) in [4.78, 5) is 18.2. The number of aromatic amines is 1. The molecule has 3 N–H and O–H groups in total. The summed E-state index contributed by atoms with van der Waals surface area (Å²) in [6, 6.07) is 0. The van der Waals surface area contributed by atoms with Crippen LogP contribution in [-0.4, -0.2) is 9.97 Å². The number of rotatable bonds is 4. The van der Waals surface area contributed by atoms with Crippen LogP contribution in [-0.2, 0) is 12.8 Å². The van der Waals surface area contributed by atoms with E-state index in [1.165, 1.54) is 0 Å². The second kappa shape index (κ2) is 6.45. The van der Waals surface area contributed by atoms with Crippen LogP contribution in [0.4, 0.5) is 5.95 Å². The highest BCUT2D eigenvalue weighted by molar-refractivity contribution is 5.85. The molecular formula is C10H18ClN3O. The van der Waals surface area contributed by atoms with Gasteiger partial charge < -0.3 is 5.73 Å². The molecule has 1 aromatic heterocycles. The number of H-pyrrole nitrogens is 1. The predicted octanol–water partition coefficient (Wildman–Crippen LogP) is 1.68. The van der Waals surface area contributed by atoms with Gasteiger partial charge in [0.1, 0.15) is 0 Å². The van der Waals surface area contributed by atoms with Crippen molar-refractivity contribution < 1.29 is 0 Å². The first-order valence-corrected chi connectivity index (χ1v) is 5.06. The Hall–Kier alpha value is -1.03. The van der Waals surface area contributed by atoms with Crippen molar-refractivity contribution >= 4 is 18.4 Å². The molecule has 0 fully saturated rings. The van der Waals surface area contributed by atoms with E-state index in [0.29, 0.717) is 0 Å². The zero-order valence-electron chi connectivity index (χ0n) is 9.17. The van der Waals surface area contributed by atoms with Crippen LogP contribution in [0, 0.1) is 0 Å². The molecule has 0 bridgehead atoms. The molecule has 0 aliphatic carbocycles. The molecule has 0 aliphatic heterocycles. The summed E-state index contributed by atoms with van der Waals surface area (Å²) in [6.45, 7) is 4.11. The minimum Gasteiger partial charge on any atom is -0.369 e. The summed E-state index contributed by atoms with van der Waals surface area (Å²) in [5.41, 5.74) is 7.06. The zero-order valence-corrected chi connectivity index (χ0v) is 9.99. The Morgan fingerprint density at radius 1 is 1.27 bits per heavy atom. The van der Waals surface area contributed by atoms with Crippen LogP contribution >= 0.6 is 12.4 Å². The highest BCUT2D eigenvalue weighted by Crippen LogP contribution is 2.07. The molecule has 0 saturated heterocycles. The van der Waals surface area contributed by atoms with Gasteiger partial charge in [0, 0.05) is 5.56 Å². The van der Waals surface area contributed by atoms with Crippen molar-refractivity contribution in [2.45, 2.75) is 39.5 Å². The first kappa shape index (κ1) is 14.0. The maximum Gasteiger partial charge on any atom is 0.255 e. The lowest BCUT2D eigenvalue weighted by Gasteiger charge is -2.06. The fraction of sp³-hybridized carbons (Fsp3) is 0.600.